The fraction of sp³-hybridized carbons (Fsp3) is 0.190. The molecule has 27 heavy (non-hydrogen) atoms. The first-order chi connectivity index (χ1) is 13.0. The molecule has 2 aromatic rings. The lowest BCUT2D eigenvalue weighted by molar-refractivity contribution is -0.112. The van der Waals surface area contributed by atoms with Gasteiger partial charge in [-0.05, 0) is 43.7 Å². The van der Waals surface area contributed by atoms with Crippen LogP contribution in [0, 0.1) is 18.3 Å². The van der Waals surface area contributed by atoms with Gasteiger partial charge >= 0.3 is 5.97 Å². The summed E-state index contributed by atoms with van der Waals surface area (Å²) in [7, 11) is 0. The Kier molecular flexibility index (Phi) is 7.15. The Morgan fingerprint density at radius 3 is 2.37 bits per heavy atom. The van der Waals surface area contributed by atoms with Gasteiger partial charge in [0.05, 0.1) is 12.2 Å². The number of rotatable bonds is 7. The summed E-state index contributed by atoms with van der Waals surface area (Å²) < 4.78 is 4.91. The predicted molar refractivity (Wildman–Crippen MR) is 103 cm³/mol. The molecule has 0 fully saturated rings. The molecule has 0 aliphatic carbocycles. The summed E-state index contributed by atoms with van der Waals surface area (Å²) in [6.07, 6.45) is 1.39. The van der Waals surface area contributed by atoms with Crippen molar-refractivity contribution in [2.75, 3.05) is 11.9 Å². The highest BCUT2D eigenvalue weighted by Crippen LogP contribution is 2.12. The first-order valence-electron chi connectivity index (χ1n) is 8.51. The smallest absolute Gasteiger partial charge is 0.338 e. The maximum absolute atomic E-state index is 12.2. The molecule has 0 saturated heterocycles. The van der Waals surface area contributed by atoms with Crippen molar-refractivity contribution in [3.63, 3.8) is 0 Å². The van der Waals surface area contributed by atoms with E-state index in [9.17, 15) is 14.9 Å². The molecule has 6 nitrogen and oxygen atoms in total. The summed E-state index contributed by atoms with van der Waals surface area (Å²) in [5, 5.41) is 14.8. The number of ether oxygens (including phenoxy) is 1. The predicted octanol–water partition coefficient (Wildman–Crippen LogP) is 3.31. The highest BCUT2D eigenvalue weighted by Gasteiger charge is 2.10. The summed E-state index contributed by atoms with van der Waals surface area (Å²) in [5.41, 5.74) is 3.04. The molecule has 138 valence electrons. The van der Waals surface area contributed by atoms with Gasteiger partial charge in [0.2, 0.25) is 0 Å². The second kappa shape index (κ2) is 9.78. The van der Waals surface area contributed by atoms with E-state index >= 15 is 0 Å². The van der Waals surface area contributed by atoms with Crippen LogP contribution in [0.3, 0.4) is 0 Å². The number of carbonyl (C=O) groups is 2. The molecule has 2 rings (SSSR count). The lowest BCUT2D eigenvalue weighted by atomic mass is 10.1. The summed E-state index contributed by atoms with van der Waals surface area (Å²) >= 11 is 0. The standard InChI is InChI=1S/C21H21N3O3/c1-3-27-21(26)17-8-10-19(11-9-17)24-20(25)18(12-22)14-23-13-16-6-4-15(2)5-7-16/h4-11,14,23H,3,13H2,1-2H3,(H,24,25)/b18-14-. The Bertz CT molecular complexity index is 863. The third kappa shape index (κ3) is 6.01. The van der Waals surface area contributed by atoms with Gasteiger partial charge in [-0.15, -0.1) is 0 Å². The number of carbonyl (C=O) groups excluding carboxylic acids is 2. The molecule has 2 aromatic carbocycles. The van der Waals surface area contributed by atoms with Crippen LogP contribution in [0.15, 0.2) is 60.3 Å². The van der Waals surface area contributed by atoms with Crippen molar-refractivity contribution in [3.8, 4) is 6.07 Å². The lowest BCUT2D eigenvalue weighted by Crippen LogP contribution is -2.16. The Hall–Kier alpha value is -3.59. The number of amides is 1. The number of nitrogens with zero attached hydrogens (tertiary/aromatic N) is 1. The monoisotopic (exact) mass is 363 g/mol. The van der Waals surface area contributed by atoms with Crippen LogP contribution in [0.2, 0.25) is 0 Å². The van der Waals surface area contributed by atoms with Crippen molar-refractivity contribution in [3.05, 3.63) is 77.0 Å². The number of aryl methyl sites for hydroxylation is 1. The zero-order valence-electron chi connectivity index (χ0n) is 15.3. The topological polar surface area (TPSA) is 91.2 Å². The van der Waals surface area contributed by atoms with Crippen LogP contribution in [-0.2, 0) is 16.1 Å². The lowest BCUT2D eigenvalue weighted by Gasteiger charge is -2.07. The Labute approximate surface area is 158 Å². The van der Waals surface area contributed by atoms with Crippen molar-refractivity contribution in [1.29, 1.82) is 5.26 Å². The van der Waals surface area contributed by atoms with E-state index in [2.05, 4.69) is 10.6 Å². The fourth-order valence-electron chi connectivity index (χ4n) is 2.23. The molecule has 0 heterocycles. The van der Waals surface area contributed by atoms with Crippen LogP contribution in [0.5, 0.6) is 0 Å². The molecule has 0 aliphatic rings. The number of hydrogen-bond donors (Lipinski definition) is 2. The molecule has 1 amide bonds. The van der Waals surface area contributed by atoms with Gasteiger partial charge in [0.1, 0.15) is 11.6 Å². The van der Waals surface area contributed by atoms with E-state index in [4.69, 9.17) is 4.74 Å². The van der Waals surface area contributed by atoms with Crippen LogP contribution in [0.1, 0.15) is 28.4 Å². The second-order valence-corrected chi connectivity index (χ2v) is 5.79. The SMILES string of the molecule is CCOC(=O)c1ccc(NC(=O)/C(C#N)=C\NCc2ccc(C)cc2)cc1. The summed E-state index contributed by atoms with van der Waals surface area (Å²) in [5.74, 6) is -0.953. The average molecular weight is 363 g/mol. The molecule has 0 aliphatic heterocycles. The molecule has 0 bridgehead atoms. The van der Waals surface area contributed by atoms with E-state index in [1.165, 1.54) is 11.8 Å². The van der Waals surface area contributed by atoms with Crippen molar-refractivity contribution < 1.29 is 14.3 Å². The van der Waals surface area contributed by atoms with Gasteiger partial charge in [-0.3, -0.25) is 4.79 Å². The summed E-state index contributed by atoms with van der Waals surface area (Å²) in [4.78, 5) is 23.8. The highest BCUT2D eigenvalue weighted by atomic mass is 16.5. The Morgan fingerprint density at radius 1 is 1.11 bits per heavy atom. The number of nitriles is 1. The van der Waals surface area contributed by atoms with Crippen molar-refractivity contribution in [2.24, 2.45) is 0 Å². The van der Waals surface area contributed by atoms with Crippen LogP contribution in [-0.4, -0.2) is 18.5 Å². The molecule has 0 atom stereocenters. The molecule has 2 N–H and O–H groups in total. The van der Waals surface area contributed by atoms with Gasteiger partial charge in [0, 0.05) is 18.4 Å². The van der Waals surface area contributed by atoms with Crippen LogP contribution in [0.25, 0.3) is 0 Å². The first-order valence-corrected chi connectivity index (χ1v) is 8.51. The van der Waals surface area contributed by atoms with E-state index < -0.39 is 11.9 Å². The number of esters is 1. The zero-order valence-corrected chi connectivity index (χ0v) is 15.3. The third-order valence-corrected chi connectivity index (χ3v) is 3.69. The van der Waals surface area contributed by atoms with Gasteiger partial charge in [-0.2, -0.15) is 5.26 Å². The van der Waals surface area contributed by atoms with Gasteiger partial charge in [0.15, 0.2) is 0 Å². The van der Waals surface area contributed by atoms with Gasteiger partial charge in [-0.25, -0.2) is 4.79 Å². The molecular weight excluding hydrogens is 342 g/mol. The molecule has 0 spiro atoms. The number of nitrogens with one attached hydrogen (secondary N) is 2. The summed E-state index contributed by atoms with van der Waals surface area (Å²) in [6, 6.07) is 16.1. The average Bonchev–Trinajstić information content (AvgIpc) is 2.67. The van der Waals surface area contributed by atoms with E-state index in [1.54, 1.807) is 31.2 Å². The quantitative estimate of drug-likeness (QED) is 0.447. The zero-order chi connectivity index (χ0) is 19.6. The van der Waals surface area contributed by atoms with Crippen molar-refractivity contribution >= 4 is 17.6 Å². The van der Waals surface area contributed by atoms with Gasteiger partial charge in [-0.1, -0.05) is 29.8 Å². The molecule has 0 saturated carbocycles. The van der Waals surface area contributed by atoms with E-state index in [0.717, 1.165) is 5.56 Å². The molecule has 0 radical (unpaired) electrons. The normalized spacial score (nSPS) is 10.6. The van der Waals surface area contributed by atoms with E-state index in [-0.39, 0.29) is 5.57 Å². The van der Waals surface area contributed by atoms with Crippen molar-refractivity contribution in [1.82, 2.24) is 5.32 Å². The largest absolute Gasteiger partial charge is 0.462 e. The number of anilines is 1. The third-order valence-electron chi connectivity index (χ3n) is 3.69. The summed E-state index contributed by atoms with van der Waals surface area (Å²) in [6.45, 7) is 4.54. The molecule has 0 aromatic heterocycles. The van der Waals surface area contributed by atoms with Crippen molar-refractivity contribution in [2.45, 2.75) is 20.4 Å². The molecule has 6 heteroatoms. The Morgan fingerprint density at radius 2 is 1.78 bits per heavy atom. The van der Waals surface area contributed by atoms with E-state index in [0.29, 0.717) is 24.4 Å². The van der Waals surface area contributed by atoms with Crippen LogP contribution in [0.4, 0.5) is 5.69 Å². The minimum Gasteiger partial charge on any atom is -0.462 e. The highest BCUT2D eigenvalue weighted by molar-refractivity contribution is 6.06. The minimum atomic E-state index is -0.530. The maximum Gasteiger partial charge on any atom is 0.338 e. The maximum atomic E-state index is 12.2. The van der Waals surface area contributed by atoms with Gasteiger partial charge < -0.3 is 15.4 Å². The van der Waals surface area contributed by atoms with Gasteiger partial charge in [0.25, 0.3) is 5.91 Å². The first kappa shape index (κ1) is 19.7. The molecule has 0 unspecified atom stereocenters. The number of hydrogen-bond acceptors (Lipinski definition) is 5. The van der Waals surface area contributed by atoms with Crippen LogP contribution >= 0.6 is 0 Å². The number of benzene rings is 2. The second-order valence-electron chi connectivity index (χ2n) is 5.79. The Balaban J connectivity index is 1.94. The minimum absolute atomic E-state index is 0.0448. The fourth-order valence-corrected chi connectivity index (χ4v) is 2.23. The van der Waals surface area contributed by atoms with Crippen LogP contribution < -0.4 is 10.6 Å². The van der Waals surface area contributed by atoms with E-state index in [1.807, 2.05) is 37.3 Å². The molecular formula is C21H21N3O3.